The molecule has 2 N–H and O–H groups in total. The SMILES string of the molecule is Cc1cc(C)n2nc(OC(=O)NCCc3c(C)[nH]c4ccccc34)cc2n1. The van der Waals surface area contributed by atoms with Crippen molar-refractivity contribution in [1.82, 2.24) is 24.9 Å². The maximum absolute atomic E-state index is 12.1. The average molecular weight is 363 g/mol. The third-order valence-electron chi connectivity index (χ3n) is 4.58. The normalized spacial score (nSPS) is 11.2. The van der Waals surface area contributed by atoms with E-state index in [-0.39, 0.29) is 5.88 Å². The molecule has 3 heterocycles. The van der Waals surface area contributed by atoms with Crippen molar-refractivity contribution in [2.24, 2.45) is 0 Å². The zero-order chi connectivity index (χ0) is 19.0. The molecule has 0 bridgehead atoms. The topological polar surface area (TPSA) is 84.3 Å². The largest absolute Gasteiger partial charge is 0.414 e. The highest BCUT2D eigenvalue weighted by atomic mass is 16.6. The van der Waals surface area contributed by atoms with Crippen LogP contribution in [-0.4, -0.2) is 32.2 Å². The standard InChI is InChI=1S/C20H21N5O2/c1-12-10-13(2)25-18(22-12)11-19(24-25)27-20(26)21-9-8-15-14(3)23-17-7-5-4-6-16(15)17/h4-7,10-11,23H,8-9H2,1-3H3,(H,21,26). The molecule has 27 heavy (non-hydrogen) atoms. The van der Waals surface area contributed by atoms with Crippen molar-refractivity contribution in [3.63, 3.8) is 0 Å². The van der Waals surface area contributed by atoms with E-state index in [0.29, 0.717) is 12.2 Å². The van der Waals surface area contributed by atoms with Gasteiger partial charge in [0.2, 0.25) is 5.88 Å². The molecular weight excluding hydrogens is 342 g/mol. The van der Waals surface area contributed by atoms with Crippen molar-refractivity contribution in [3.8, 4) is 5.88 Å². The molecule has 0 saturated carbocycles. The van der Waals surface area contributed by atoms with Gasteiger partial charge in [0.25, 0.3) is 0 Å². The number of nitrogens with zero attached hydrogens (tertiary/aromatic N) is 3. The van der Waals surface area contributed by atoms with Gasteiger partial charge in [-0.05, 0) is 44.9 Å². The first-order valence-corrected chi connectivity index (χ1v) is 8.87. The van der Waals surface area contributed by atoms with Gasteiger partial charge in [-0.3, -0.25) is 0 Å². The van der Waals surface area contributed by atoms with Crippen LogP contribution in [0.15, 0.2) is 36.4 Å². The fourth-order valence-electron chi connectivity index (χ4n) is 3.39. The fraction of sp³-hybridized carbons (Fsp3) is 0.250. The van der Waals surface area contributed by atoms with Crippen molar-refractivity contribution in [2.45, 2.75) is 27.2 Å². The summed E-state index contributed by atoms with van der Waals surface area (Å²) in [5.41, 5.74) is 5.91. The highest BCUT2D eigenvalue weighted by Gasteiger charge is 2.12. The Kier molecular flexibility index (Phi) is 4.27. The van der Waals surface area contributed by atoms with Crippen molar-refractivity contribution < 1.29 is 9.53 Å². The molecule has 7 heteroatoms. The van der Waals surface area contributed by atoms with Gasteiger partial charge in [-0.1, -0.05) is 18.2 Å². The number of ether oxygens (including phenoxy) is 1. The highest BCUT2D eigenvalue weighted by Crippen LogP contribution is 2.22. The summed E-state index contributed by atoms with van der Waals surface area (Å²) in [4.78, 5) is 19.9. The van der Waals surface area contributed by atoms with Crippen molar-refractivity contribution >= 4 is 22.6 Å². The van der Waals surface area contributed by atoms with Crippen LogP contribution in [0.2, 0.25) is 0 Å². The quantitative estimate of drug-likeness (QED) is 0.581. The Morgan fingerprint density at radius 2 is 2.04 bits per heavy atom. The Hall–Kier alpha value is -3.35. The van der Waals surface area contributed by atoms with E-state index < -0.39 is 6.09 Å². The van der Waals surface area contributed by atoms with Gasteiger partial charge in [-0.25, -0.2) is 14.3 Å². The van der Waals surface area contributed by atoms with Crippen molar-refractivity contribution in [3.05, 3.63) is 59.0 Å². The second-order valence-electron chi connectivity index (χ2n) is 6.63. The van der Waals surface area contributed by atoms with Crippen molar-refractivity contribution in [1.29, 1.82) is 0 Å². The Balaban J connectivity index is 1.40. The summed E-state index contributed by atoms with van der Waals surface area (Å²) in [6.45, 7) is 6.37. The molecule has 0 aliphatic heterocycles. The van der Waals surface area contributed by atoms with Crippen LogP contribution in [0.1, 0.15) is 22.6 Å². The lowest BCUT2D eigenvalue weighted by Crippen LogP contribution is -2.29. The van der Waals surface area contributed by atoms with Gasteiger partial charge in [0.15, 0.2) is 5.65 Å². The van der Waals surface area contributed by atoms with Gasteiger partial charge < -0.3 is 15.0 Å². The van der Waals surface area contributed by atoms with Crippen LogP contribution in [0, 0.1) is 20.8 Å². The monoisotopic (exact) mass is 363 g/mol. The Morgan fingerprint density at radius 3 is 2.89 bits per heavy atom. The van der Waals surface area contributed by atoms with E-state index in [1.807, 2.05) is 39.0 Å². The number of nitrogens with one attached hydrogen (secondary N) is 2. The van der Waals surface area contributed by atoms with Gasteiger partial charge in [0.05, 0.1) is 0 Å². The molecule has 0 unspecified atom stereocenters. The lowest BCUT2D eigenvalue weighted by molar-refractivity contribution is 0.198. The lowest BCUT2D eigenvalue weighted by atomic mass is 10.1. The van der Waals surface area contributed by atoms with E-state index in [0.717, 1.165) is 29.0 Å². The number of carbonyl (C=O) groups is 1. The van der Waals surface area contributed by atoms with E-state index in [9.17, 15) is 4.79 Å². The van der Waals surface area contributed by atoms with Crippen LogP contribution in [0.4, 0.5) is 4.79 Å². The molecule has 0 fully saturated rings. The molecule has 0 spiro atoms. The molecule has 0 radical (unpaired) electrons. The number of hydrogen-bond donors (Lipinski definition) is 2. The van der Waals surface area contributed by atoms with Crippen LogP contribution in [0.3, 0.4) is 0 Å². The van der Waals surface area contributed by atoms with Gasteiger partial charge in [0, 0.05) is 40.6 Å². The third-order valence-corrected chi connectivity index (χ3v) is 4.58. The Bertz CT molecular complexity index is 1140. The van der Waals surface area contributed by atoms with Crippen molar-refractivity contribution in [2.75, 3.05) is 6.54 Å². The Labute approximate surface area is 156 Å². The Morgan fingerprint density at radius 1 is 1.22 bits per heavy atom. The highest BCUT2D eigenvalue weighted by molar-refractivity contribution is 5.84. The lowest BCUT2D eigenvalue weighted by Gasteiger charge is -2.05. The summed E-state index contributed by atoms with van der Waals surface area (Å²) >= 11 is 0. The zero-order valence-corrected chi connectivity index (χ0v) is 15.5. The molecule has 0 atom stereocenters. The number of aryl methyl sites for hydroxylation is 3. The molecule has 0 aliphatic rings. The summed E-state index contributed by atoms with van der Waals surface area (Å²) in [6.07, 6.45) is 0.195. The first-order chi connectivity index (χ1) is 13.0. The van der Waals surface area contributed by atoms with Gasteiger partial charge >= 0.3 is 6.09 Å². The van der Waals surface area contributed by atoms with E-state index in [4.69, 9.17) is 4.74 Å². The summed E-state index contributed by atoms with van der Waals surface area (Å²) in [7, 11) is 0. The van der Waals surface area contributed by atoms with Crippen LogP contribution < -0.4 is 10.1 Å². The van der Waals surface area contributed by atoms with Gasteiger partial charge in [-0.15, -0.1) is 5.10 Å². The van der Waals surface area contributed by atoms with Gasteiger partial charge in [0.1, 0.15) is 0 Å². The third kappa shape index (κ3) is 3.36. The number of benzene rings is 1. The first kappa shape index (κ1) is 17.1. The van der Waals surface area contributed by atoms with Gasteiger partial charge in [-0.2, -0.15) is 0 Å². The summed E-state index contributed by atoms with van der Waals surface area (Å²) in [5, 5.41) is 8.24. The number of hydrogen-bond acceptors (Lipinski definition) is 4. The molecule has 7 nitrogen and oxygen atoms in total. The van der Waals surface area contributed by atoms with Crippen LogP contribution in [0.25, 0.3) is 16.6 Å². The molecule has 4 rings (SSSR count). The number of carbonyl (C=O) groups excluding carboxylic acids is 1. The number of rotatable bonds is 4. The van der Waals surface area contributed by atoms with E-state index in [2.05, 4.69) is 32.5 Å². The molecular formula is C20H21N5O2. The van der Waals surface area contributed by atoms with E-state index in [1.165, 1.54) is 10.9 Å². The van der Waals surface area contributed by atoms with E-state index in [1.54, 1.807) is 10.6 Å². The maximum Gasteiger partial charge on any atom is 0.414 e. The molecule has 0 saturated heterocycles. The minimum atomic E-state index is -0.523. The molecule has 138 valence electrons. The molecule has 4 aromatic rings. The van der Waals surface area contributed by atoms with Crippen LogP contribution in [0.5, 0.6) is 5.88 Å². The number of fused-ring (bicyclic) bond motifs is 2. The molecule has 3 aromatic heterocycles. The predicted octanol–water partition coefficient (Wildman–Crippen LogP) is 3.47. The van der Waals surface area contributed by atoms with Crippen LogP contribution in [-0.2, 0) is 6.42 Å². The predicted molar refractivity (Wildman–Crippen MR) is 103 cm³/mol. The van der Waals surface area contributed by atoms with Crippen LogP contribution >= 0.6 is 0 Å². The number of aromatic amines is 1. The number of amides is 1. The smallest absolute Gasteiger partial charge is 0.390 e. The first-order valence-electron chi connectivity index (χ1n) is 8.87. The minimum Gasteiger partial charge on any atom is -0.390 e. The minimum absolute atomic E-state index is 0.233. The fourth-order valence-corrected chi connectivity index (χ4v) is 3.39. The van der Waals surface area contributed by atoms with E-state index >= 15 is 0 Å². The molecule has 1 amide bonds. The summed E-state index contributed by atoms with van der Waals surface area (Å²) < 4.78 is 6.96. The number of H-pyrrole nitrogens is 1. The number of para-hydroxylation sites is 1. The molecule has 0 aliphatic carbocycles. The average Bonchev–Trinajstić information content (AvgIpc) is 3.15. The second-order valence-corrected chi connectivity index (χ2v) is 6.63. The maximum atomic E-state index is 12.1. The molecule has 1 aromatic carbocycles. The second kappa shape index (κ2) is 6.75. The summed E-state index contributed by atoms with van der Waals surface area (Å²) in [5.74, 6) is 0.233. The number of aromatic nitrogens is 4. The zero-order valence-electron chi connectivity index (χ0n) is 15.5. The summed E-state index contributed by atoms with van der Waals surface area (Å²) in [6, 6.07) is 11.7.